The van der Waals surface area contributed by atoms with E-state index in [0.29, 0.717) is 25.3 Å². The molecule has 2 aliphatic carbocycles. The second kappa shape index (κ2) is 9.42. The van der Waals surface area contributed by atoms with Crippen LogP contribution in [-0.4, -0.2) is 42.1 Å². The maximum absolute atomic E-state index is 11.7. The fraction of sp³-hybridized carbons (Fsp3) is 0.400. The van der Waals surface area contributed by atoms with Crippen LogP contribution in [-0.2, 0) is 27.7 Å². The molecule has 198 valence electrons. The van der Waals surface area contributed by atoms with Crippen molar-refractivity contribution in [3.8, 4) is 22.8 Å². The van der Waals surface area contributed by atoms with E-state index in [-0.39, 0.29) is 35.4 Å². The smallest absolute Gasteiger partial charge is 0.307 e. The first-order valence-corrected chi connectivity index (χ1v) is 14.9. The lowest BCUT2D eigenvalue weighted by molar-refractivity contribution is -0.139. The highest BCUT2D eigenvalue weighted by Gasteiger charge is 2.59. The molecule has 3 aromatic rings. The van der Waals surface area contributed by atoms with E-state index in [9.17, 15) is 18.3 Å². The van der Waals surface area contributed by atoms with Crippen molar-refractivity contribution in [1.29, 1.82) is 0 Å². The molecule has 2 aromatic carbocycles. The summed E-state index contributed by atoms with van der Waals surface area (Å²) in [6.07, 6.45) is 1.69. The summed E-state index contributed by atoms with van der Waals surface area (Å²) in [5.74, 6) is 1.18. The summed E-state index contributed by atoms with van der Waals surface area (Å²) in [5, 5.41) is 9.33. The zero-order valence-corrected chi connectivity index (χ0v) is 22.3. The summed E-state index contributed by atoms with van der Waals surface area (Å²) in [4.78, 5) is 16.0. The number of pyridine rings is 1. The summed E-state index contributed by atoms with van der Waals surface area (Å²) in [6, 6.07) is 16.2. The van der Waals surface area contributed by atoms with Gasteiger partial charge in [0, 0.05) is 23.2 Å². The number of carbonyl (C=O) groups is 1. The van der Waals surface area contributed by atoms with Crippen molar-refractivity contribution in [3.05, 3.63) is 76.5 Å². The van der Waals surface area contributed by atoms with Crippen LogP contribution in [0.15, 0.2) is 48.5 Å². The van der Waals surface area contributed by atoms with Gasteiger partial charge in [0.2, 0.25) is 5.88 Å². The number of aryl methyl sites for hydroxylation is 2. The summed E-state index contributed by atoms with van der Waals surface area (Å²) >= 11 is 0. The minimum Gasteiger partial charge on any atom is -0.489 e. The third-order valence-electron chi connectivity index (χ3n) is 8.17. The molecule has 1 saturated heterocycles. The number of ether oxygens (including phenoxy) is 2. The lowest BCUT2D eigenvalue weighted by Crippen LogP contribution is -2.31. The van der Waals surface area contributed by atoms with Crippen molar-refractivity contribution in [2.45, 2.75) is 51.7 Å². The van der Waals surface area contributed by atoms with Gasteiger partial charge in [-0.15, -0.1) is 0 Å². The summed E-state index contributed by atoms with van der Waals surface area (Å²) in [5.41, 5.74) is 7.42. The molecule has 6 rings (SSSR count). The normalized spacial score (nSPS) is 23.4. The van der Waals surface area contributed by atoms with E-state index in [1.165, 1.54) is 5.56 Å². The van der Waals surface area contributed by atoms with Gasteiger partial charge in [-0.25, -0.2) is 13.4 Å². The molecule has 0 spiro atoms. The van der Waals surface area contributed by atoms with Crippen molar-refractivity contribution >= 4 is 15.8 Å². The second-order valence-electron chi connectivity index (χ2n) is 10.8. The van der Waals surface area contributed by atoms with Gasteiger partial charge in [-0.3, -0.25) is 4.79 Å². The lowest BCUT2D eigenvalue weighted by atomic mass is 9.98. The van der Waals surface area contributed by atoms with Crippen molar-refractivity contribution in [2.75, 3.05) is 11.5 Å². The van der Waals surface area contributed by atoms with Gasteiger partial charge in [0.25, 0.3) is 0 Å². The van der Waals surface area contributed by atoms with Gasteiger partial charge in [-0.2, -0.15) is 0 Å². The van der Waals surface area contributed by atoms with E-state index >= 15 is 0 Å². The van der Waals surface area contributed by atoms with Gasteiger partial charge < -0.3 is 14.6 Å². The molecule has 1 aromatic heterocycles. The van der Waals surface area contributed by atoms with Crippen LogP contribution in [0.5, 0.6) is 11.6 Å². The number of fused-ring (bicyclic) bond motifs is 3. The molecule has 7 nitrogen and oxygen atoms in total. The first-order valence-electron chi connectivity index (χ1n) is 13.1. The van der Waals surface area contributed by atoms with Crippen LogP contribution in [0, 0.1) is 25.7 Å². The van der Waals surface area contributed by atoms with Gasteiger partial charge in [0.1, 0.15) is 18.5 Å². The van der Waals surface area contributed by atoms with Gasteiger partial charge in [-0.05, 0) is 85.0 Å². The number of aromatic nitrogens is 1. The first-order chi connectivity index (χ1) is 18.2. The fourth-order valence-corrected chi connectivity index (χ4v) is 7.70. The highest BCUT2D eigenvalue weighted by atomic mass is 32.2. The lowest BCUT2D eigenvalue weighted by Gasteiger charge is -2.23. The molecule has 0 amide bonds. The van der Waals surface area contributed by atoms with Crippen LogP contribution in [0.2, 0.25) is 0 Å². The minimum atomic E-state index is -2.93. The number of hydrogen-bond donors (Lipinski definition) is 1. The van der Waals surface area contributed by atoms with E-state index in [0.717, 1.165) is 45.7 Å². The highest BCUT2D eigenvalue weighted by Crippen LogP contribution is 2.61. The number of rotatable bonds is 7. The molecule has 3 unspecified atom stereocenters. The van der Waals surface area contributed by atoms with Crippen molar-refractivity contribution in [2.24, 2.45) is 11.8 Å². The summed E-state index contributed by atoms with van der Waals surface area (Å²) < 4.78 is 35.6. The summed E-state index contributed by atoms with van der Waals surface area (Å²) in [7, 11) is -2.93. The molecule has 2 fully saturated rings. The standard InChI is InChI=1S/C30H31NO6S/c1-17-12-26(37-22-8-10-38(34,35)11-9-22)31-18(2)27(17)20-5-3-4-19(13-20)16-36-23-6-7-24-21(14-23)15-25-28(24)29(25)30(32)33/h3-7,12-14,22,25,28-29H,8-11,15-16H2,1-2H3,(H,32,33). The number of carboxylic acid groups (broad SMARTS) is 1. The molecular weight excluding hydrogens is 502 g/mol. The molecule has 38 heavy (non-hydrogen) atoms. The van der Waals surface area contributed by atoms with Gasteiger partial charge in [-0.1, -0.05) is 24.3 Å². The van der Waals surface area contributed by atoms with Crippen LogP contribution in [0.4, 0.5) is 0 Å². The molecule has 0 radical (unpaired) electrons. The number of nitrogens with zero attached hydrogens (tertiary/aromatic N) is 1. The zero-order valence-electron chi connectivity index (χ0n) is 21.5. The quantitative estimate of drug-likeness (QED) is 0.462. The predicted octanol–water partition coefficient (Wildman–Crippen LogP) is 4.87. The molecule has 1 aliphatic heterocycles. The maximum atomic E-state index is 11.7. The van der Waals surface area contributed by atoms with Gasteiger partial charge in [0.05, 0.1) is 17.4 Å². The molecule has 3 atom stereocenters. The van der Waals surface area contributed by atoms with Crippen molar-refractivity contribution < 1.29 is 27.8 Å². The van der Waals surface area contributed by atoms with Crippen LogP contribution in [0.25, 0.3) is 11.1 Å². The van der Waals surface area contributed by atoms with E-state index in [2.05, 4.69) is 23.2 Å². The van der Waals surface area contributed by atoms with Crippen LogP contribution in [0.1, 0.15) is 46.7 Å². The summed E-state index contributed by atoms with van der Waals surface area (Å²) in [6.45, 7) is 4.43. The third kappa shape index (κ3) is 4.77. The number of aliphatic carboxylic acids is 1. The van der Waals surface area contributed by atoms with Crippen LogP contribution < -0.4 is 9.47 Å². The number of benzene rings is 2. The Bertz CT molecular complexity index is 1490. The van der Waals surface area contributed by atoms with E-state index in [1.807, 2.05) is 44.2 Å². The Hall–Kier alpha value is -3.39. The monoisotopic (exact) mass is 533 g/mol. The fourth-order valence-electron chi connectivity index (χ4n) is 6.25. The Morgan fingerprint density at radius 1 is 1.08 bits per heavy atom. The van der Waals surface area contributed by atoms with Crippen molar-refractivity contribution in [1.82, 2.24) is 4.98 Å². The largest absolute Gasteiger partial charge is 0.489 e. The Morgan fingerprint density at radius 2 is 1.87 bits per heavy atom. The topological polar surface area (TPSA) is 103 Å². The Kier molecular flexibility index (Phi) is 6.17. The first kappa shape index (κ1) is 24.9. The molecule has 2 heterocycles. The van der Waals surface area contributed by atoms with E-state index < -0.39 is 15.8 Å². The highest BCUT2D eigenvalue weighted by molar-refractivity contribution is 7.91. The molecule has 0 bridgehead atoms. The third-order valence-corrected chi connectivity index (χ3v) is 9.88. The Morgan fingerprint density at radius 3 is 2.61 bits per heavy atom. The second-order valence-corrected chi connectivity index (χ2v) is 13.1. The molecule has 1 saturated carbocycles. The van der Waals surface area contributed by atoms with E-state index in [1.54, 1.807) is 0 Å². The van der Waals surface area contributed by atoms with E-state index in [4.69, 9.17) is 9.47 Å². The maximum Gasteiger partial charge on any atom is 0.307 e. The SMILES string of the molecule is Cc1cc(OC2CCS(=O)(=O)CC2)nc(C)c1-c1cccc(COc2ccc3c(c2)CC2C(C(=O)O)C32)c1. The number of sulfone groups is 1. The van der Waals surface area contributed by atoms with Crippen LogP contribution in [0.3, 0.4) is 0 Å². The Labute approximate surface area is 222 Å². The van der Waals surface area contributed by atoms with Gasteiger partial charge >= 0.3 is 5.97 Å². The zero-order chi connectivity index (χ0) is 26.6. The average molecular weight is 534 g/mol. The molecule has 1 N–H and O–H groups in total. The Balaban J connectivity index is 1.13. The molecular formula is C30H31NO6S. The molecule has 3 aliphatic rings. The minimum absolute atomic E-state index is 0.125. The molecule has 8 heteroatoms. The van der Waals surface area contributed by atoms with Crippen molar-refractivity contribution in [3.63, 3.8) is 0 Å². The predicted molar refractivity (Wildman–Crippen MR) is 143 cm³/mol. The van der Waals surface area contributed by atoms with Crippen LogP contribution >= 0.6 is 0 Å². The van der Waals surface area contributed by atoms with Gasteiger partial charge in [0.15, 0.2) is 9.84 Å². The number of carboxylic acids is 1. The number of hydrogen-bond acceptors (Lipinski definition) is 6. The average Bonchev–Trinajstić information content (AvgIpc) is 3.46.